The van der Waals surface area contributed by atoms with Crippen molar-refractivity contribution >= 4 is 40.5 Å². The van der Waals surface area contributed by atoms with Crippen LogP contribution in [0.4, 0.5) is 10.2 Å². The number of nitrogens with one attached hydrogen (secondary N) is 1. The molecule has 1 aromatic carbocycles. The van der Waals surface area contributed by atoms with Gasteiger partial charge in [-0.1, -0.05) is 24.3 Å². The molecule has 1 aliphatic heterocycles. The fourth-order valence-electron chi connectivity index (χ4n) is 4.15. The maximum absolute atomic E-state index is 15.0. The number of hydrogen-bond donors (Lipinski definition) is 4. The highest BCUT2D eigenvalue weighted by atomic mass is 35.5. The van der Waals surface area contributed by atoms with Crippen LogP contribution in [0, 0.1) is 0 Å². The fourth-order valence-corrected chi connectivity index (χ4v) is 4.32. The van der Waals surface area contributed by atoms with Crippen LogP contribution in [0.1, 0.15) is 18.2 Å². The number of ether oxygens (including phenoxy) is 2. The van der Waals surface area contributed by atoms with Crippen molar-refractivity contribution in [1.29, 1.82) is 0 Å². The van der Waals surface area contributed by atoms with Crippen molar-refractivity contribution in [1.82, 2.24) is 40.1 Å². The highest BCUT2D eigenvalue weighted by Crippen LogP contribution is 2.35. The van der Waals surface area contributed by atoms with Crippen molar-refractivity contribution in [3.05, 3.63) is 41.4 Å². The molecular weight excluding hydrogens is 529 g/mol. The van der Waals surface area contributed by atoms with E-state index in [1.807, 2.05) is 0 Å². The summed E-state index contributed by atoms with van der Waals surface area (Å²) in [7, 11) is 0. The number of carboxylic acid groups (broad SMARTS) is 2. The van der Waals surface area contributed by atoms with Crippen molar-refractivity contribution in [3.8, 4) is 11.4 Å². The van der Waals surface area contributed by atoms with Crippen LogP contribution in [0.15, 0.2) is 30.6 Å². The van der Waals surface area contributed by atoms with Gasteiger partial charge in [0.2, 0.25) is 11.1 Å². The maximum atomic E-state index is 15.0. The summed E-state index contributed by atoms with van der Waals surface area (Å²) in [6.07, 6.45) is -3.20. The van der Waals surface area contributed by atoms with E-state index in [4.69, 9.17) is 26.8 Å². The van der Waals surface area contributed by atoms with Gasteiger partial charge in [0.05, 0.1) is 19.0 Å². The number of rotatable bonds is 9. The molecule has 5 rings (SSSR count). The molecule has 3 aromatic heterocycles. The lowest BCUT2D eigenvalue weighted by molar-refractivity contribution is -0.188. The molecule has 38 heavy (non-hydrogen) atoms. The Morgan fingerprint density at radius 3 is 2.66 bits per heavy atom. The maximum Gasteiger partial charge on any atom is 0.348 e. The van der Waals surface area contributed by atoms with Crippen molar-refractivity contribution in [3.63, 3.8) is 0 Å². The Labute approximate surface area is 216 Å². The molecule has 4 heterocycles. The number of anilines is 1. The topological polar surface area (TPSA) is 217 Å². The summed E-state index contributed by atoms with van der Waals surface area (Å²) < 4.78 is 27.5. The number of nitrogens with zero attached hydrogens (tertiary/aromatic N) is 7. The number of fused-ring (bicyclic) bond motifs is 1. The molecule has 0 aliphatic carbocycles. The minimum Gasteiger partial charge on any atom is -0.479 e. The third-order valence-corrected chi connectivity index (χ3v) is 6.21. The quantitative estimate of drug-likeness (QED) is 0.170. The lowest BCUT2D eigenvalue weighted by atomic mass is 9.93. The zero-order valence-corrected chi connectivity index (χ0v) is 20.0. The third-order valence-electron chi connectivity index (χ3n) is 6.04. The summed E-state index contributed by atoms with van der Waals surface area (Å²) in [5.74, 6) is -3.13. The lowest BCUT2D eigenvalue weighted by Gasteiger charge is -2.27. The predicted octanol–water partition coefficient (Wildman–Crippen LogP) is 1.03. The Bertz CT molecular complexity index is 1470. The summed E-state index contributed by atoms with van der Waals surface area (Å²) >= 11 is 5.87. The zero-order valence-electron chi connectivity index (χ0n) is 19.2. The summed E-state index contributed by atoms with van der Waals surface area (Å²) in [6, 6.07) is 6.23. The van der Waals surface area contributed by atoms with Crippen LogP contribution in [0.3, 0.4) is 0 Å². The number of nitrogens with two attached hydrogens (primary N) is 1. The minimum atomic E-state index is -2.65. The number of benzene rings is 1. The van der Waals surface area contributed by atoms with Gasteiger partial charge in [-0.2, -0.15) is 15.2 Å². The molecule has 4 aromatic rings. The van der Waals surface area contributed by atoms with Crippen molar-refractivity contribution in [2.75, 3.05) is 12.3 Å². The Morgan fingerprint density at radius 2 is 2.00 bits per heavy atom. The highest BCUT2D eigenvalue weighted by molar-refractivity contribution is 6.28. The van der Waals surface area contributed by atoms with Crippen LogP contribution >= 0.6 is 11.6 Å². The van der Waals surface area contributed by atoms with Gasteiger partial charge in [-0.3, -0.25) is 4.57 Å². The molecule has 1 unspecified atom stereocenters. The van der Waals surface area contributed by atoms with Crippen LogP contribution < -0.4 is 5.73 Å². The largest absolute Gasteiger partial charge is 0.479 e. The van der Waals surface area contributed by atoms with E-state index in [0.29, 0.717) is 17.0 Å². The number of aromatic amines is 1. The van der Waals surface area contributed by atoms with Crippen LogP contribution in [0.5, 0.6) is 0 Å². The monoisotopic (exact) mass is 547 g/mol. The number of H-pyrrole nitrogens is 1. The summed E-state index contributed by atoms with van der Waals surface area (Å²) in [6.45, 7) is -0.513. The molecule has 5 N–H and O–H groups in total. The van der Waals surface area contributed by atoms with E-state index >= 15 is 0 Å². The van der Waals surface area contributed by atoms with Crippen LogP contribution in [0.25, 0.3) is 22.6 Å². The Kier molecular flexibility index (Phi) is 6.60. The van der Waals surface area contributed by atoms with Gasteiger partial charge in [0.1, 0.15) is 11.7 Å². The number of aromatic nitrogens is 8. The van der Waals surface area contributed by atoms with E-state index in [1.165, 1.54) is 23.0 Å². The molecule has 0 radical (unpaired) electrons. The second-order valence-electron chi connectivity index (χ2n) is 8.46. The van der Waals surface area contributed by atoms with Crippen molar-refractivity contribution in [2.24, 2.45) is 0 Å². The van der Waals surface area contributed by atoms with E-state index in [9.17, 15) is 24.2 Å². The van der Waals surface area contributed by atoms with E-state index < -0.39 is 49.1 Å². The highest BCUT2D eigenvalue weighted by Gasteiger charge is 2.50. The summed E-state index contributed by atoms with van der Waals surface area (Å²) in [5.41, 5.74) is 4.42. The zero-order chi connectivity index (χ0) is 27.0. The SMILES string of the molecule is Nc1nc(Cl)nc2c1ncn2C1O[C@H](COC(Cc2ccc(-c3nn[nH]n3)cc2)(C(=O)O)C(=O)O)C[C@@H]1F. The molecule has 15 nitrogen and oxygen atoms in total. The van der Waals surface area contributed by atoms with E-state index in [2.05, 4.69) is 35.6 Å². The van der Waals surface area contributed by atoms with Gasteiger partial charge in [0.15, 0.2) is 17.7 Å². The first-order valence-corrected chi connectivity index (χ1v) is 11.4. The average Bonchev–Trinajstić information content (AvgIpc) is 3.62. The Balaban J connectivity index is 1.32. The number of nitrogen functional groups attached to an aromatic ring is 1. The second kappa shape index (κ2) is 9.88. The molecule has 198 valence electrons. The number of aliphatic carboxylic acids is 2. The third kappa shape index (κ3) is 4.59. The fraction of sp³-hybridized carbons (Fsp3) is 0.333. The van der Waals surface area contributed by atoms with E-state index in [-0.39, 0.29) is 28.7 Å². The van der Waals surface area contributed by atoms with Gasteiger partial charge in [-0.05, 0) is 22.4 Å². The second-order valence-corrected chi connectivity index (χ2v) is 8.80. The molecule has 0 spiro atoms. The molecular formula is C21H19ClFN9O6. The van der Waals surface area contributed by atoms with Crippen molar-refractivity contribution in [2.45, 2.75) is 36.9 Å². The van der Waals surface area contributed by atoms with Gasteiger partial charge >= 0.3 is 11.9 Å². The molecule has 0 amide bonds. The molecule has 1 fully saturated rings. The lowest BCUT2D eigenvalue weighted by Crippen LogP contribution is -2.52. The minimum absolute atomic E-state index is 0.00469. The van der Waals surface area contributed by atoms with Gasteiger partial charge in [-0.25, -0.2) is 19.0 Å². The number of halogens is 2. The van der Waals surface area contributed by atoms with Gasteiger partial charge in [0, 0.05) is 18.4 Å². The summed E-state index contributed by atoms with van der Waals surface area (Å²) in [4.78, 5) is 36.2. The molecule has 1 aliphatic rings. The number of alkyl halides is 1. The normalized spacial score (nSPS) is 19.7. The first-order valence-electron chi connectivity index (χ1n) is 11.1. The molecule has 0 saturated carbocycles. The van der Waals surface area contributed by atoms with Crippen LogP contribution in [-0.2, 0) is 25.5 Å². The Hall–Kier alpha value is -4.28. The number of carbonyl (C=O) groups is 2. The number of carboxylic acids is 2. The number of imidazole rings is 1. The van der Waals surface area contributed by atoms with Crippen LogP contribution in [-0.4, -0.2) is 86.8 Å². The summed E-state index contributed by atoms with van der Waals surface area (Å²) in [5, 5.41) is 33.0. The van der Waals surface area contributed by atoms with Crippen molar-refractivity contribution < 1.29 is 33.7 Å². The van der Waals surface area contributed by atoms with Gasteiger partial charge in [-0.15, -0.1) is 10.2 Å². The van der Waals surface area contributed by atoms with Crippen LogP contribution in [0.2, 0.25) is 5.28 Å². The molecule has 17 heteroatoms. The number of tetrazole rings is 1. The van der Waals surface area contributed by atoms with Gasteiger partial charge < -0.3 is 25.4 Å². The first kappa shape index (κ1) is 25.4. The average molecular weight is 548 g/mol. The molecule has 1 saturated heterocycles. The number of hydrogen-bond acceptors (Lipinski definition) is 11. The molecule has 0 bridgehead atoms. The Morgan fingerprint density at radius 1 is 1.26 bits per heavy atom. The standard InChI is InChI=1S/C21H19ClFN9O6/c22-20-26-14(24)13-16(27-20)32(8-25-13)17-12(23)5-11(38-17)7-37-21(18(33)34,19(35)36)6-9-1-3-10(4-2-9)15-28-30-31-29-15/h1-4,8,11-12,17H,5-7H2,(H,33,34)(H,35,36)(H2,24,26,27)(H,28,29,30,31)/t11-,12-,17?/m0/s1. The first-order chi connectivity index (χ1) is 18.2. The predicted molar refractivity (Wildman–Crippen MR) is 125 cm³/mol. The van der Waals surface area contributed by atoms with E-state index in [1.54, 1.807) is 12.1 Å². The van der Waals surface area contributed by atoms with E-state index in [0.717, 1.165) is 0 Å². The smallest absolute Gasteiger partial charge is 0.348 e. The van der Waals surface area contributed by atoms with Gasteiger partial charge in [0.25, 0.3) is 5.60 Å². The molecule has 3 atom stereocenters.